The fourth-order valence-electron chi connectivity index (χ4n) is 21.2. The molecular formula is C131H90N6O6. The van der Waals surface area contributed by atoms with Crippen LogP contribution in [0.1, 0.15) is 90.0 Å². The molecule has 0 spiro atoms. The van der Waals surface area contributed by atoms with Gasteiger partial charge in [-0.25, -0.2) is 14.7 Å². The average molecular weight is 1840 g/mol. The predicted octanol–water partition coefficient (Wildman–Crippen LogP) is 31.6. The van der Waals surface area contributed by atoms with Gasteiger partial charge in [0, 0.05) is 32.3 Å². The predicted molar refractivity (Wildman–Crippen MR) is 582 cm³/mol. The van der Waals surface area contributed by atoms with Gasteiger partial charge in [-0.15, -0.1) is 0 Å². The molecule has 12 heteroatoms. The van der Waals surface area contributed by atoms with E-state index in [-0.39, 0.29) is 35.4 Å². The van der Waals surface area contributed by atoms with Crippen molar-refractivity contribution in [2.24, 2.45) is 0 Å². The highest BCUT2D eigenvalue weighted by Gasteiger charge is 2.43. The first kappa shape index (κ1) is 87.0. The number of hydrogen-bond donors (Lipinski definition) is 0. The Labute approximate surface area is 826 Å². The van der Waals surface area contributed by atoms with Gasteiger partial charge >= 0.3 is 0 Å². The molecule has 143 heavy (non-hydrogen) atoms. The maximum absolute atomic E-state index is 14.6. The third kappa shape index (κ3) is 15.4. The molecule has 680 valence electrons. The molecule has 0 bridgehead atoms. The number of hydrogen-bond acceptors (Lipinski definition) is 6. The van der Waals surface area contributed by atoms with E-state index in [1.54, 1.807) is 18.2 Å². The van der Waals surface area contributed by atoms with Gasteiger partial charge in [0.05, 0.1) is 101 Å². The molecule has 6 heterocycles. The Kier molecular flexibility index (Phi) is 21.7. The second kappa shape index (κ2) is 35.7. The van der Waals surface area contributed by atoms with E-state index in [1.807, 2.05) is 212 Å². The summed E-state index contributed by atoms with van der Waals surface area (Å²) in [6.07, 6.45) is 0. The number of amides is 6. The van der Waals surface area contributed by atoms with Crippen LogP contribution < -0.4 is 14.7 Å². The number of anilines is 3. The number of benzene rings is 20. The van der Waals surface area contributed by atoms with Gasteiger partial charge in [0.2, 0.25) is 0 Å². The maximum atomic E-state index is 14.6. The molecule has 3 aliphatic rings. The van der Waals surface area contributed by atoms with Crippen LogP contribution >= 0.6 is 0 Å². The number of para-hydroxylation sites is 1. The topological polar surface area (TPSA) is 127 Å². The third-order valence-electron chi connectivity index (χ3n) is 28.0. The SMILES string of the molecule is Cc1cccc(-c2ccc3c(c2)c2cc(-c4cccc(C)c4)ccc2n3-c2cccc3c2C(=O)N(c2cccc(-c4ccccc4)c2)C3=O)c1.Cc1cccc(-c2ccc3c(c2)c2ccccc2n3-c2cccc3c2C(=O)N(c2cccc(-c4ccccc4)c2)C3=O)c1.Cc1cccc(-c2ccc3c4ccc(-c5cccc(C)c5)cc4n(-c4cccc5c4C(=O)N(c4cccc(-c6ccccc6)c4)C5=O)c3c2)c1. The minimum Gasteiger partial charge on any atom is -0.308 e. The maximum Gasteiger partial charge on any atom is 0.268 e. The van der Waals surface area contributed by atoms with Crippen molar-refractivity contribution < 1.29 is 28.8 Å². The van der Waals surface area contributed by atoms with Gasteiger partial charge in [-0.05, 0) is 251 Å². The number of carbonyl (C=O) groups is 6. The molecular weight excluding hydrogens is 1750 g/mol. The summed E-state index contributed by atoms with van der Waals surface area (Å²) in [6.45, 7) is 10.5. The standard InChI is InChI=1S/2C46H32N2O2.C39H26N2O2/c1-29-10-6-14-32(24-29)35-20-22-38-39-23-21-36(33-15-7-11-30(2)25-33)28-43(39)48(42(38)27-35)41-19-9-18-40-44(41)46(50)47(45(40)49)37-17-8-16-34(26-37)31-12-4-3-5-13-31;1-29-10-6-14-32(24-29)35-20-22-41-39(27-35)40-28-36(33-15-7-11-30(2)25-33)21-23-42(40)48(41)43-19-9-18-38-44(43)46(50)47(45(38)49)37-17-8-16-34(26-37)31-12-4-3-5-13-31;1-25-10-7-13-27(22-25)29-20-21-35-33(24-29)31-16-5-6-18-34(31)41(35)36-19-9-17-32-37(36)39(43)40(38(32)42)30-15-8-14-28(23-30)26-11-3-2-4-12-26/h2*3-28H,1-2H3;2-24H,1H3. The van der Waals surface area contributed by atoms with Gasteiger partial charge in [-0.1, -0.05) is 355 Å². The largest absolute Gasteiger partial charge is 0.308 e. The van der Waals surface area contributed by atoms with Crippen molar-refractivity contribution in [1.82, 2.24) is 13.7 Å². The van der Waals surface area contributed by atoms with Crippen molar-refractivity contribution in [3.63, 3.8) is 0 Å². The van der Waals surface area contributed by atoms with Gasteiger partial charge in [0.15, 0.2) is 0 Å². The Bertz CT molecular complexity index is 9050. The number of imide groups is 3. The van der Waals surface area contributed by atoms with Gasteiger partial charge in [-0.3, -0.25) is 28.8 Å². The van der Waals surface area contributed by atoms with Crippen LogP contribution in [0, 0.1) is 34.6 Å². The lowest BCUT2D eigenvalue weighted by atomic mass is 9.99. The first-order chi connectivity index (χ1) is 70.0. The number of nitrogens with zero attached hydrogens (tertiary/aromatic N) is 6. The number of aromatic nitrogens is 3. The summed E-state index contributed by atoms with van der Waals surface area (Å²) in [7, 11) is 0. The Morgan fingerprint density at radius 3 is 0.678 bits per heavy atom. The van der Waals surface area contributed by atoms with Crippen LogP contribution in [-0.4, -0.2) is 49.1 Å². The summed E-state index contributed by atoms with van der Waals surface area (Å²) in [4.78, 5) is 89.3. The van der Waals surface area contributed by atoms with Crippen molar-refractivity contribution >= 4 is 118 Å². The molecule has 0 N–H and O–H groups in total. The molecule has 0 fully saturated rings. The van der Waals surface area contributed by atoms with Crippen molar-refractivity contribution in [3.05, 3.63) is 516 Å². The first-order valence-electron chi connectivity index (χ1n) is 48.1. The first-order valence-corrected chi connectivity index (χ1v) is 48.1. The molecule has 0 atom stereocenters. The molecule has 6 amide bonds. The molecule has 0 radical (unpaired) electrons. The Morgan fingerprint density at radius 2 is 0.371 bits per heavy atom. The van der Waals surface area contributed by atoms with Crippen molar-refractivity contribution in [2.75, 3.05) is 14.7 Å². The van der Waals surface area contributed by atoms with Crippen molar-refractivity contribution in [3.8, 4) is 106 Å². The highest BCUT2D eigenvalue weighted by molar-refractivity contribution is 6.38. The molecule has 20 aromatic carbocycles. The second-order valence-electron chi connectivity index (χ2n) is 37.2. The monoisotopic (exact) mass is 1840 g/mol. The summed E-state index contributed by atoms with van der Waals surface area (Å²) in [5.41, 5.74) is 35.2. The van der Waals surface area contributed by atoms with Gasteiger partial charge in [-0.2, -0.15) is 0 Å². The van der Waals surface area contributed by atoms with E-state index < -0.39 is 0 Å². The normalized spacial score (nSPS) is 12.7. The second-order valence-corrected chi connectivity index (χ2v) is 37.2. The molecule has 0 unspecified atom stereocenters. The van der Waals surface area contributed by atoms with E-state index in [0.717, 1.165) is 154 Å². The number of rotatable bonds is 14. The van der Waals surface area contributed by atoms with Gasteiger partial charge < -0.3 is 13.7 Å². The molecule has 0 aliphatic carbocycles. The molecule has 26 rings (SSSR count). The van der Waals surface area contributed by atoms with E-state index >= 15 is 0 Å². The summed E-state index contributed by atoms with van der Waals surface area (Å²) in [6, 6.07) is 153. The average Bonchev–Trinajstić information content (AvgIpc) is 1.57. The lowest BCUT2D eigenvalue weighted by Gasteiger charge is -2.16. The number of aryl methyl sites for hydroxylation is 5. The zero-order valence-corrected chi connectivity index (χ0v) is 78.9. The summed E-state index contributed by atoms with van der Waals surface area (Å²) in [5.74, 6) is -1.92. The fourth-order valence-corrected chi connectivity index (χ4v) is 21.2. The van der Waals surface area contributed by atoms with Crippen LogP contribution in [0.5, 0.6) is 0 Å². The van der Waals surface area contributed by atoms with Gasteiger partial charge in [0.1, 0.15) is 0 Å². The third-order valence-corrected chi connectivity index (χ3v) is 28.0. The zero-order valence-electron chi connectivity index (χ0n) is 78.9. The van der Waals surface area contributed by atoms with Crippen molar-refractivity contribution in [2.45, 2.75) is 34.6 Å². The van der Waals surface area contributed by atoms with Crippen molar-refractivity contribution in [1.29, 1.82) is 0 Å². The summed E-state index contributed by atoms with van der Waals surface area (Å²) >= 11 is 0. The van der Waals surface area contributed by atoms with Crippen LogP contribution in [0.3, 0.4) is 0 Å². The molecule has 12 nitrogen and oxygen atoms in total. The Hall–Kier alpha value is -18.8. The van der Waals surface area contributed by atoms with E-state index in [9.17, 15) is 28.8 Å². The highest BCUT2D eigenvalue weighted by atomic mass is 16.2. The Balaban J connectivity index is 0.000000116. The Morgan fingerprint density at radius 1 is 0.147 bits per heavy atom. The fraction of sp³-hybridized carbons (Fsp3) is 0.0382. The molecule has 0 saturated heterocycles. The molecule has 0 saturated carbocycles. The lowest BCUT2D eigenvalue weighted by molar-refractivity contribution is 0.0910. The molecule has 3 aromatic heterocycles. The van der Waals surface area contributed by atoms with Crippen LogP contribution in [0.4, 0.5) is 17.1 Å². The van der Waals surface area contributed by atoms with E-state index in [1.165, 1.54) is 42.5 Å². The molecule has 23 aromatic rings. The minimum atomic E-state index is -0.328. The molecule has 3 aliphatic heterocycles. The van der Waals surface area contributed by atoms with E-state index in [0.29, 0.717) is 67.5 Å². The van der Waals surface area contributed by atoms with E-state index in [4.69, 9.17) is 0 Å². The smallest absolute Gasteiger partial charge is 0.268 e. The number of carbonyl (C=O) groups excluding carboxylic acids is 6. The lowest BCUT2D eigenvalue weighted by Crippen LogP contribution is -2.29. The van der Waals surface area contributed by atoms with Gasteiger partial charge in [0.25, 0.3) is 35.4 Å². The number of fused-ring (bicyclic) bond motifs is 12. The van der Waals surface area contributed by atoms with Crippen LogP contribution in [-0.2, 0) is 0 Å². The van der Waals surface area contributed by atoms with Crippen LogP contribution in [0.15, 0.2) is 455 Å². The summed E-state index contributed by atoms with van der Waals surface area (Å²) < 4.78 is 6.45. The minimum absolute atomic E-state index is 0.311. The van der Waals surface area contributed by atoms with Crippen LogP contribution in [0.25, 0.3) is 171 Å². The quantitative estimate of drug-likeness (QED) is 0.0998. The van der Waals surface area contributed by atoms with E-state index in [2.05, 4.69) is 273 Å². The summed E-state index contributed by atoms with van der Waals surface area (Å²) in [5, 5.41) is 6.50. The highest BCUT2D eigenvalue weighted by Crippen LogP contribution is 2.47. The zero-order chi connectivity index (χ0) is 96.9. The van der Waals surface area contributed by atoms with Crippen LogP contribution in [0.2, 0.25) is 0 Å².